The van der Waals surface area contributed by atoms with Gasteiger partial charge in [0.15, 0.2) is 11.6 Å². The molecule has 1 aromatic rings. The Balaban J connectivity index is 1.81. The summed E-state index contributed by atoms with van der Waals surface area (Å²) in [5.41, 5.74) is 6.23. The van der Waals surface area contributed by atoms with Crippen LogP contribution in [0.3, 0.4) is 0 Å². The maximum Gasteiger partial charge on any atom is 0.169 e. The molecule has 1 aromatic carbocycles. The maximum absolute atomic E-state index is 14.1. The molecule has 0 saturated carbocycles. The lowest BCUT2D eigenvalue weighted by Gasteiger charge is -2.34. The van der Waals surface area contributed by atoms with Gasteiger partial charge in [-0.3, -0.25) is 4.90 Å². The maximum atomic E-state index is 14.1. The summed E-state index contributed by atoms with van der Waals surface area (Å²) in [6, 6.07) is 5.35. The molecule has 0 spiro atoms. The molecule has 0 aromatic heterocycles. The molecule has 4 nitrogen and oxygen atoms in total. The third-order valence-electron chi connectivity index (χ3n) is 4.05. The smallest absolute Gasteiger partial charge is 0.169 e. The van der Waals surface area contributed by atoms with Crippen LogP contribution in [0.2, 0.25) is 0 Å². The Morgan fingerprint density at radius 2 is 1.86 bits per heavy atom. The molecular formula is C16H26FN3O. The lowest BCUT2D eigenvalue weighted by Crippen LogP contribution is -2.46. The van der Waals surface area contributed by atoms with Gasteiger partial charge < -0.3 is 15.4 Å². The molecule has 0 atom stereocenters. The minimum atomic E-state index is -0.231. The van der Waals surface area contributed by atoms with Crippen LogP contribution in [0.25, 0.3) is 0 Å². The van der Waals surface area contributed by atoms with Crippen molar-refractivity contribution in [3.8, 4) is 5.75 Å². The zero-order valence-corrected chi connectivity index (χ0v) is 12.9. The van der Waals surface area contributed by atoms with E-state index >= 15 is 0 Å². The fraction of sp³-hybridized carbons (Fsp3) is 0.625. The molecule has 21 heavy (non-hydrogen) atoms. The van der Waals surface area contributed by atoms with Gasteiger partial charge in [0.05, 0.1) is 7.11 Å². The first-order valence-corrected chi connectivity index (χ1v) is 7.70. The monoisotopic (exact) mass is 295 g/mol. The lowest BCUT2D eigenvalue weighted by molar-refractivity contribution is 0.124. The van der Waals surface area contributed by atoms with Crippen LogP contribution in [-0.4, -0.2) is 56.2 Å². The van der Waals surface area contributed by atoms with E-state index in [0.29, 0.717) is 17.9 Å². The molecule has 0 bridgehead atoms. The molecule has 2 rings (SSSR count). The van der Waals surface area contributed by atoms with Gasteiger partial charge >= 0.3 is 0 Å². The van der Waals surface area contributed by atoms with Gasteiger partial charge in [0.25, 0.3) is 0 Å². The number of piperazine rings is 1. The van der Waals surface area contributed by atoms with E-state index in [0.717, 1.165) is 45.7 Å². The number of halogens is 1. The molecule has 0 amide bonds. The van der Waals surface area contributed by atoms with E-state index in [4.69, 9.17) is 10.5 Å². The Labute approximate surface area is 126 Å². The normalized spacial score (nSPS) is 17.1. The first kappa shape index (κ1) is 16.2. The minimum absolute atomic E-state index is 0.231. The molecule has 0 aliphatic carbocycles. The van der Waals surface area contributed by atoms with Crippen LogP contribution in [0.4, 0.5) is 4.39 Å². The van der Waals surface area contributed by atoms with Gasteiger partial charge in [-0.2, -0.15) is 0 Å². The number of nitrogens with zero attached hydrogens (tertiary/aromatic N) is 2. The number of hydrogen-bond acceptors (Lipinski definition) is 4. The Morgan fingerprint density at radius 1 is 1.14 bits per heavy atom. The highest BCUT2D eigenvalue weighted by molar-refractivity contribution is 5.31. The number of unbranched alkanes of at least 4 members (excludes halogenated alkanes) is 1. The van der Waals surface area contributed by atoms with Crippen molar-refractivity contribution in [2.24, 2.45) is 5.73 Å². The Hall–Kier alpha value is -1.17. The molecular weight excluding hydrogens is 269 g/mol. The summed E-state index contributed by atoms with van der Waals surface area (Å²) in [6.45, 7) is 6.62. The summed E-state index contributed by atoms with van der Waals surface area (Å²) < 4.78 is 19.2. The van der Waals surface area contributed by atoms with Gasteiger partial charge in [0.1, 0.15) is 0 Å². The van der Waals surface area contributed by atoms with Gasteiger partial charge in [-0.1, -0.05) is 12.1 Å². The molecule has 1 heterocycles. The van der Waals surface area contributed by atoms with Crippen LogP contribution in [0.1, 0.15) is 18.4 Å². The van der Waals surface area contributed by atoms with Gasteiger partial charge in [0.2, 0.25) is 0 Å². The molecule has 118 valence electrons. The van der Waals surface area contributed by atoms with Gasteiger partial charge in [-0.25, -0.2) is 4.39 Å². The number of hydrogen-bond donors (Lipinski definition) is 1. The predicted octanol–water partition coefficient (Wildman–Crippen LogP) is 1.69. The quantitative estimate of drug-likeness (QED) is 0.777. The Morgan fingerprint density at radius 3 is 2.52 bits per heavy atom. The van der Waals surface area contributed by atoms with E-state index in [9.17, 15) is 4.39 Å². The van der Waals surface area contributed by atoms with E-state index in [-0.39, 0.29) is 5.82 Å². The minimum Gasteiger partial charge on any atom is -0.494 e. The van der Waals surface area contributed by atoms with Crippen LogP contribution in [-0.2, 0) is 6.54 Å². The fourth-order valence-electron chi connectivity index (χ4n) is 2.73. The third-order valence-corrected chi connectivity index (χ3v) is 4.05. The van der Waals surface area contributed by atoms with Crippen molar-refractivity contribution in [3.05, 3.63) is 29.6 Å². The molecule has 2 N–H and O–H groups in total. The van der Waals surface area contributed by atoms with E-state index in [2.05, 4.69) is 9.80 Å². The summed E-state index contributed by atoms with van der Waals surface area (Å²) in [5.74, 6) is 0.0956. The van der Waals surface area contributed by atoms with Gasteiger partial charge in [-0.05, 0) is 32.0 Å². The van der Waals surface area contributed by atoms with Crippen molar-refractivity contribution in [3.63, 3.8) is 0 Å². The van der Waals surface area contributed by atoms with Crippen molar-refractivity contribution >= 4 is 0 Å². The highest BCUT2D eigenvalue weighted by Gasteiger charge is 2.18. The number of methoxy groups -OCH3 is 1. The summed E-state index contributed by atoms with van der Waals surface area (Å²) in [5, 5.41) is 0. The number of nitrogens with two attached hydrogens (primary N) is 1. The number of benzene rings is 1. The van der Waals surface area contributed by atoms with Gasteiger partial charge in [-0.15, -0.1) is 0 Å². The van der Waals surface area contributed by atoms with E-state index < -0.39 is 0 Å². The Kier molecular flexibility index (Phi) is 6.42. The molecule has 0 radical (unpaired) electrons. The second-order valence-corrected chi connectivity index (χ2v) is 5.55. The van der Waals surface area contributed by atoms with E-state index in [1.165, 1.54) is 13.5 Å². The molecule has 1 aliphatic heterocycles. The number of rotatable bonds is 7. The van der Waals surface area contributed by atoms with Crippen LogP contribution < -0.4 is 10.5 Å². The van der Waals surface area contributed by atoms with Crippen molar-refractivity contribution in [1.29, 1.82) is 0 Å². The highest BCUT2D eigenvalue weighted by atomic mass is 19.1. The Bertz CT molecular complexity index is 434. The average molecular weight is 295 g/mol. The first-order valence-electron chi connectivity index (χ1n) is 7.70. The summed E-state index contributed by atoms with van der Waals surface area (Å²) in [4.78, 5) is 4.77. The molecule has 5 heteroatoms. The van der Waals surface area contributed by atoms with Gasteiger partial charge in [0, 0.05) is 38.3 Å². The first-order chi connectivity index (χ1) is 10.2. The standard InChI is InChI=1S/C16H26FN3O/c1-21-15-6-4-5-14(16(15)17)13-20-11-9-19(10-12-20)8-3-2-7-18/h4-6H,2-3,7-13,18H2,1H3. The van der Waals surface area contributed by atoms with Crippen molar-refractivity contribution < 1.29 is 9.13 Å². The topological polar surface area (TPSA) is 41.7 Å². The predicted molar refractivity (Wildman–Crippen MR) is 83.0 cm³/mol. The highest BCUT2D eigenvalue weighted by Crippen LogP contribution is 2.21. The molecule has 1 aliphatic rings. The second kappa shape index (κ2) is 8.32. The SMILES string of the molecule is COc1cccc(CN2CCN(CCCCN)CC2)c1F. The zero-order chi connectivity index (χ0) is 15.1. The fourth-order valence-corrected chi connectivity index (χ4v) is 2.73. The van der Waals surface area contributed by atoms with Crippen molar-refractivity contribution in [1.82, 2.24) is 9.80 Å². The zero-order valence-electron chi connectivity index (χ0n) is 12.9. The van der Waals surface area contributed by atoms with Crippen LogP contribution >= 0.6 is 0 Å². The summed E-state index contributed by atoms with van der Waals surface area (Å²) in [7, 11) is 1.50. The van der Waals surface area contributed by atoms with E-state index in [1.807, 2.05) is 12.1 Å². The lowest BCUT2D eigenvalue weighted by atomic mass is 10.1. The summed E-state index contributed by atoms with van der Waals surface area (Å²) in [6.07, 6.45) is 2.26. The van der Waals surface area contributed by atoms with Crippen molar-refractivity contribution in [2.75, 3.05) is 46.4 Å². The second-order valence-electron chi connectivity index (χ2n) is 5.55. The molecule has 1 saturated heterocycles. The third kappa shape index (κ3) is 4.66. The van der Waals surface area contributed by atoms with Crippen LogP contribution in [0.5, 0.6) is 5.75 Å². The summed E-state index contributed by atoms with van der Waals surface area (Å²) >= 11 is 0. The van der Waals surface area contributed by atoms with E-state index in [1.54, 1.807) is 6.07 Å². The van der Waals surface area contributed by atoms with Crippen LogP contribution in [0, 0.1) is 5.82 Å². The largest absolute Gasteiger partial charge is 0.494 e. The number of ether oxygens (including phenoxy) is 1. The van der Waals surface area contributed by atoms with Crippen molar-refractivity contribution in [2.45, 2.75) is 19.4 Å². The average Bonchev–Trinajstić information content (AvgIpc) is 2.51. The van der Waals surface area contributed by atoms with Crippen LogP contribution in [0.15, 0.2) is 18.2 Å². The molecule has 1 fully saturated rings. The molecule has 0 unspecified atom stereocenters.